The van der Waals surface area contributed by atoms with Gasteiger partial charge in [-0.15, -0.1) is 0 Å². The molecule has 3 unspecified atom stereocenters. The molecule has 54 valence electrons. The van der Waals surface area contributed by atoms with Gasteiger partial charge < -0.3 is 0 Å². The van der Waals surface area contributed by atoms with Crippen molar-refractivity contribution in [1.82, 2.24) is 0 Å². The van der Waals surface area contributed by atoms with Gasteiger partial charge in [-0.1, -0.05) is 20.8 Å². The van der Waals surface area contributed by atoms with Gasteiger partial charge in [-0.05, 0) is 37.0 Å². The smallest absolute Gasteiger partial charge is 0.0386 e. The Morgan fingerprint density at radius 3 is 2.11 bits per heavy atom. The van der Waals surface area contributed by atoms with Crippen LogP contribution in [0.15, 0.2) is 0 Å². The molecule has 2 aliphatic carbocycles. The minimum Gasteiger partial charge on any atom is -0.0776 e. The second-order valence-electron chi connectivity index (χ2n) is 3.65. The SMILES string of the molecule is C.CC1CC2CCC1C2. The highest BCUT2D eigenvalue weighted by Crippen LogP contribution is 2.47. The van der Waals surface area contributed by atoms with Crippen LogP contribution in [0.1, 0.15) is 40.0 Å². The third-order valence-corrected chi connectivity index (χ3v) is 3.09. The zero-order valence-electron chi connectivity index (χ0n) is 5.56. The average molecular weight is 126 g/mol. The van der Waals surface area contributed by atoms with Crippen LogP contribution in [0.5, 0.6) is 0 Å². The molecular weight excluding hydrogens is 108 g/mol. The van der Waals surface area contributed by atoms with E-state index in [9.17, 15) is 0 Å². The molecule has 0 N–H and O–H groups in total. The van der Waals surface area contributed by atoms with Gasteiger partial charge in [0.25, 0.3) is 0 Å². The topological polar surface area (TPSA) is 0 Å². The summed E-state index contributed by atoms with van der Waals surface area (Å²) in [6, 6.07) is 0. The number of hydrogen-bond acceptors (Lipinski definition) is 0. The first-order valence-corrected chi connectivity index (χ1v) is 3.86. The van der Waals surface area contributed by atoms with E-state index in [4.69, 9.17) is 0 Å². The van der Waals surface area contributed by atoms with Crippen LogP contribution < -0.4 is 0 Å². The first-order valence-electron chi connectivity index (χ1n) is 3.86. The minimum absolute atomic E-state index is 0. The molecule has 0 saturated heterocycles. The molecule has 0 aromatic rings. The fourth-order valence-corrected chi connectivity index (χ4v) is 2.56. The van der Waals surface area contributed by atoms with E-state index in [2.05, 4.69) is 6.92 Å². The first-order chi connectivity index (χ1) is 3.86. The van der Waals surface area contributed by atoms with E-state index < -0.39 is 0 Å². The molecule has 0 aromatic heterocycles. The predicted octanol–water partition coefficient (Wildman–Crippen LogP) is 3.08. The largest absolute Gasteiger partial charge is 0.0776 e. The van der Waals surface area contributed by atoms with Gasteiger partial charge in [0.05, 0.1) is 0 Å². The maximum Gasteiger partial charge on any atom is -0.0386 e. The normalized spacial score (nSPS) is 47.0. The summed E-state index contributed by atoms with van der Waals surface area (Å²) in [5.74, 6) is 3.36. The molecule has 2 fully saturated rings. The van der Waals surface area contributed by atoms with Crippen LogP contribution in [-0.2, 0) is 0 Å². The maximum atomic E-state index is 2.42. The summed E-state index contributed by atoms with van der Waals surface area (Å²) in [5.41, 5.74) is 0. The van der Waals surface area contributed by atoms with Crippen molar-refractivity contribution in [3.63, 3.8) is 0 Å². The lowest BCUT2D eigenvalue weighted by Crippen LogP contribution is -2.04. The molecule has 9 heavy (non-hydrogen) atoms. The van der Waals surface area contributed by atoms with E-state index >= 15 is 0 Å². The van der Waals surface area contributed by atoms with Gasteiger partial charge >= 0.3 is 0 Å². The predicted molar refractivity (Wildman–Crippen MR) is 41.3 cm³/mol. The van der Waals surface area contributed by atoms with E-state index in [1.807, 2.05) is 0 Å². The van der Waals surface area contributed by atoms with Crippen molar-refractivity contribution in [3.05, 3.63) is 0 Å². The molecule has 2 saturated carbocycles. The molecule has 0 amide bonds. The lowest BCUT2D eigenvalue weighted by atomic mass is 9.91. The molecule has 0 nitrogen and oxygen atoms in total. The average Bonchev–Trinajstić information content (AvgIpc) is 2.23. The minimum atomic E-state index is 0. The Morgan fingerprint density at radius 1 is 1.11 bits per heavy atom. The van der Waals surface area contributed by atoms with Gasteiger partial charge in [0.2, 0.25) is 0 Å². The third kappa shape index (κ3) is 0.997. The molecule has 2 aliphatic rings. The number of rotatable bonds is 0. The lowest BCUT2D eigenvalue weighted by molar-refractivity contribution is 0.360. The molecule has 2 rings (SSSR count). The second kappa shape index (κ2) is 2.32. The van der Waals surface area contributed by atoms with Crippen molar-refractivity contribution in [2.75, 3.05) is 0 Å². The summed E-state index contributed by atoms with van der Waals surface area (Å²) in [7, 11) is 0. The molecular formula is C9H18. The van der Waals surface area contributed by atoms with E-state index in [1.54, 1.807) is 25.7 Å². The summed E-state index contributed by atoms with van der Waals surface area (Å²) in [4.78, 5) is 0. The first kappa shape index (κ1) is 7.11. The highest BCUT2D eigenvalue weighted by molar-refractivity contribution is 4.87. The highest BCUT2D eigenvalue weighted by Gasteiger charge is 2.36. The molecule has 0 aromatic carbocycles. The molecule has 0 aliphatic heterocycles. The highest BCUT2D eigenvalue weighted by atomic mass is 14.4. The third-order valence-electron chi connectivity index (χ3n) is 3.09. The van der Waals surface area contributed by atoms with Gasteiger partial charge in [0.1, 0.15) is 0 Å². The van der Waals surface area contributed by atoms with Gasteiger partial charge in [0, 0.05) is 0 Å². The van der Waals surface area contributed by atoms with Gasteiger partial charge in [-0.25, -0.2) is 0 Å². The van der Waals surface area contributed by atoms with Crippen LogP contribution in [0, 0.1) is 17.8 Å². The monoisotopic (exact) mass is 126 g/mol. The molecule has 0 heteroatoms. The Hall–Kier alpha value is 0. The van der Waals surface area contributed by atoms with E-state index in [0.29, 0.717) is 0 Å². The standard InChI is InChI=1S/C8H14.CH4/c1-6-4-7-2-3-8(6)5-7;/h6-8H,2-5H2,1H3;1H4. The molecule has 3 atom stereocenters. The van der Waals surface area contributed by atoms with Gasteiger partial charge in [-0.3, -0.25) is 0 Å². The summed E-state index contributed by atoms with van der Waals surface area (Å²) >= 11 is 0. The van der Waals surface area contributed by atoms with E-state index in [0.717, 1.165) is 17.8 Å². The summed E-state index contributed by atoms with van der Waals surface area (Å²) in [6.45, 7) is 2.42. The zero-order chi connectivity index (χ0) is 5.56. The molecule has 0 heterocycles. The molecule has 2 bridgehead atoms. The number of hydrogen-bond donors (Lipinski definition) is 0. The van der Waals surface area contributed by atoms with Crippen LogP contribution in [-0.4, -0.2) is 0 Å². The van der Waals surface area contributed by atoms with Crippen LogP contribution in [0.3, 0.4) is 0 Å². The van der Waals surface area contributed by atoms with Crippen molar-refractivity contribution < 1.29 is 0 Å². The van der Waals surface area contributed by atoms with Crippen LogP contribution in [0.2, 0.25) is 0 Å². The van der Waals surface area contributed by atoms with Crippen LogP contribution in [0.25, 0.3) is 0 Å². The zero-order valence-corrected chi connectivity index (χ0v) is 5.56. The van der Waals surface area contributed by atoms with Crippen molar-refractivity contribution in [1.29, 1.82) is 0 Å². The fourth-order valence-electron chi connectivity index (χ4n) is 2.56. The molecule has 0 spiro atoms. The Balaban J connectivity index is 0.000000405. The van der Waals surface area contributed by atoms with Crippen LogP contribution >= 0.6 is 0 Å². The molecule has 0 radical (unpaired) electrons. The van der Waals surface area contributed by atoms with Crippen molar-refractivity contribution in [3.8, 4) is 0 Å². The van der Waals surface area contributed by atoms with E-state index in [1.165, 1.54) is 0 Å². The Kier molecular flexibility index (Phi) is 1.83. The van der Waals surface area contributed by atoms with Gasteiger partial charge in [-0.2, -0.15) is 0 Å². The summed E-state index contributed by atoms with van der Waals surface area (Å²) in [6.07, 6.45) is 6.21. The summed E-state index contributed by atoms with van der Waals surface area (Å²) < 4.78 is 0. The van der Waals surface area contributed by atoms with Crippen LogP contribution in [0.4, 0.5) is 0 Å². The number of fused-ring (bicyclic) bond motifs is 2. The lowest BCUT2D eigenvalue weighted by Gasteiger charge is -2.15. The Morgan fingerprint density at radius 2 is 1.89 bits per heavy atom. The quantitative estimate of drug-likeness (QED) is 0.468. The van der Waals surface area contributed by atoms with Crippen molar-refractivity contribution in [2.45, 2.75) is 40.0 Å². The second-order valence-corrected chi connectivity index (χ2v) is 3.65. The Labute approximate surface area is 58.7 Å². The Bertz CT molecular complexity index is 94.2. The van der Waals surface area contributed by atoms with Gasteiger partial charge in [0.15, 0.2) is 0 Å². The van der Waals surface area contributed by atoms with Crippen molar-refractivity contribution in [2.24, 2.45) is 17.8 Å². The fraction of sp³-hybridized carbons (Fsp3) is 1.00. The van der Waals surface area contributed by atoms with E-state index in [-0.39, 0.29) is 7.43 Å². The summed E-state index contributed by atoms with van der Waals surface area (Å²) in [5, 5.41) is 0. The van der Waals surface area contributed by atoms with Crippen molar-refractivity contribution >= 4 is 0 Å². The maximum absolute atomic E-state index is 2.42.